The molecule has 1 aliphatic heterocycles. The molecule has 2 amide bonds. The largest absolute Gasteiger partial charge is 0.365 e. The van der Waals surface area contributed by atoms with E-state index < -0.39 is 5.91 Å². The van der Waals surface area contributed by atoms with E-state index in [1.165, 1.54) is 11.3 Å². The minimum atomic E-state index is -0.490. The van der Waals surface area contributed by atoms with Gasteiger partial charge >= 0.3 is 0 Å². The van der Waals surface area contributed by atoms with Crippen molar-refractivity contribution < 1.29 is 9.59 Å². The fourth-order valence-corrected chi connectivity index (χ4v) is 3.21. The van der Waals surface area contributed by atoms with E-state index in [1.54, 1.807) is 23.8 Å². The summed E-state index contributed by atoms with van der Waals surface area (Å²) >= 11 is 1.28. The second kappa shape index (κ2) is 7.53. The van der Waals surface area contributed by atoms with Crippen LogP contribution in [-0.4, -0.2) is 64.1 Å². The highest BCUT2D eigenvalue weighted by atomic mass is 32.1. The van der Waals surface area contributed by atoms with Gasteiger partial charge < -0.3 is 10.6 Å². The SMILES string of the molecule is C[C@@H](C(=O)Nc1nncs1)N1CCN(c2ncccc2C(N)=O)CC1. The summed E-state index contributed by atoms with van der Waals surface area (Å²) in [6.45, 7) is 4.54. The van der Waals surface area contributed by atoms with Crippen molar-refractivity contribution in [2.75, 3.05) is 36.4 Å². The number of aromatic nitrogens is 3. The molecule has 3 N–H and O–H groups in total. The molecule has 0 aromatic carbocycles. The molecule has 25 heavy (non-hydrogen) atoms. The summed E-state index contributed by atoms with van der Waals surface area (Å²) in [6.07, 6.45) is 1.65. The molecule has 0 aliphatic carbocycles. The average molecular weight is 361 g/mol. The molecular formula is C15H19N7O2S. The van der Waals surface area contributed by atoms with Gasteiger partial charge in [0.05, 0.1) is 11.6 Å². The van der Waals surface area contributed by atoms with Crippen molar-refractivity contribution in [2.24, 2.45) is 5.73 Å². The number of rotatable bonds is 5. The molecule has 1 saturated heterocycles. The highest BCUT2D eigenvalue weighted by Crippen LogP contribution is 2.19. The van der Waals surface area contributed by atoms with Crippen LogP contribution < -0.4 is 16.0 Å². The maximum absolute atomic E-state index is 12.3. The molecule has 3 rings (SSSR count). The summed E-state index contributed by atoms with van der Waals surface area (Å²) in [7, 11) is 0. The number of carbonyl (C=O) groups excluding carboxylic acids is 2. The Kier molecular flexibility index (Phi) is 5.19. The summed E-state index contributed by atoms with van der Waals surface area (Å²) in [4.78, 5) is 32.3. The van der Waals surface area contributed by atoms with Gasteiger partial charge in [0, 0.05) is 32.4 Å². The molecule has 2 aromatic heterocycles. The van der Waals surface area contributed by atoms with Crippen LogP contribution in [0, 0.1) is 0 Å². The lowest BCUT2D eigenvalue weighted by Gasteiger charge is -2.38. The quantitative estimate of drug-likeness (QED) is 0.780. The zero-order chi connectivity index (χ0) is 17.8. The number of nitrogens with zero attached hydrogens (tertiary/aromatic N) is 5. The number of carbonyl (C=O) groups is 2. The number of pyridine rings is 1. The molecule has 132 valence electrons. The highest BCUT2D eigenvalue weighted by molar-refractivity contribution is 7.13. The topological polar surface area (TPSA) is 117 Å². The van der Waals surface area contributed by atoms with E-state index in [0.717, 1.165) is 0 Å². The number of piperazine rings is 1. The molecule has 9 nitrogen and oxygen atoms in total. The number of primary amides is 1. The fourth-order valence-electron chi connectivity index (χ4n) is 2.77. The van der Waals surface area contributed by atoms with Crippen LogP contribution in [0.1, 0.15) is 17.3 Å². The van der Waals surface area contributed by atoms with Crippen molar-refractivity contribution in [3.63, 3.8) is 0 Å². The third-order valence-electron chi connectivity index (χ3n) is 4.18. The summed E-state index contributed by atoms with van der Waals surface area (Å²) in [5.41, 5.74) is 7.41. The minimum Gasteiger partial charge on any atom is -0.365 e. The van der Waals surface area contributed by atoms with Crippen LogP contribution in [0.25, 0.3) is 0 Å². The summed E-state index contributed by atoms with van der Waals surface area (Å²) < 4.78 is 0. The fraction of sp³-hybridized carbons (Fsp3) is 0.400. The van der Waals surface area contributed by atoms with E-state index in [0.29, 0.717) is 42.7 Å². The number of hydrogen-bond acceptors (Lipinski definition) is 8. The van der Waals surface area contributed by atoms with Crippen LogP contribution in [0.3, 0.4) is 0 Å². The molecule has 3 heterocycles. The number of nitrogens with one attached hydrogen (secondary N) is 1. The minimum absolute atomic E-state index is 0.110. The monoisotopic (exact) mass is 361 g/mol. The first-order valence-electron chi connectivity index (χ1n) is 7.87. The molecule has 0 unspecified atom stereocenters. The van der Waals surface area contributed by atoms with E-state index >= 15 is 0 Å². The predicted molar refractivity (Wildman–Crippen MR) is 94.5 cm³/mol. The van der Waals surface area contributed by atoms with Gasteiger partial charge in [0.15, 0.2) is 0 Å². The molecule has 1 aliphatic rings. The lowest BCUT2D eigenvalue weighted by Crippen LogP contribution is -2.53. The van der Waals surface area contributed by atoms with Gasteiger partial charge in [0.2, 0.25) is 11.0 Å². The predicted octanol–water partition coefficient (Wildman–Crippen LogP) is 0.181. The first-order chi connectivity index (χ1) is 12.1. The molecule has 2 aromatic rings. The number of anilines is 2. The third-order valence-corrected chi connectivity index (χ3v) is 4.79. The number of hydrogen-bond donors (Lipinski definition) is 2. The molecule has 0 bridgehead atoms. The van der Waals surface area contributed by atoms with Crippen molar-refractivity contribution in [1.82, 2.24) is 20.1 Å². The Hall–Kier alpha value is -2.59. The van der Waals surface area contributed by atoms with Crippen molar-refractivity contribution in [3.8, 4) is 0 Å². The maximum atomic E-state index is 12.3. The Labute approximate surface area is 148 Å². The van der Waals surface area contributed by atoms with E-state index in [-0.39, 0.29) is 11.9 Å². The van der Waals surface area contributed by atoms with Crippen LogP contribution in [0.4, 0.5) is 10.9 Å². The number of nitrogens with two attached hydrogens (primary N) is 1. The Bertz CT molecular complexity index is 744. The molecule has 1 atom stereocenters. The summed E-state index contributed by atoms with van der Waals surface area (Å²) in [5.74, 6) is -0.00296. The first kappa shape index (κ1) is 17.2. The molecular weight excluding hydrogens is 342 g/mol. The standard InChI is InChI=1S/C15H19N7O2S/c1-10(14(24)19-15-20-18-9-25-15)21-5-7-22(8-6-21)13-11(12(16)23)3-2-4-17-13/h2-4,9-10H,5-8H2,1H3,(H2,16,23)(H,19,20,24)/t10-/m0/s1. The average Bonchev–Trinajstić information content (AvgIpc) is 3.14. The summed E-state index contributed by atoms with van der Waals surface area (Å²) in [5, 5.41) is 10.8. The van der Waals surface area contributed by atoms with E-state index in [1.807, 2.05) is 11.8 Å². The Morgan fingerprint density at radius 2 is 2.08 bits per heavy atom. The van der Waals surface area contributed by atoms with E-state index in [4.69, 9.17) is 5.73 Å². The Balaban J connectivity index is 1.60. The van der Waals surface area contributed by atoms with Gasteiger partial charge in [-0.2, -0.15) is 0 Å². The smallest absolute Gasteiger partial charge is 0.252 e. The van der Waals surface area contributed by atoms with Crippen LogP contribution >= 0.6 is 11.3 Å². The van der Waals surface area contributed by atoms with Crippen molar-refractivity contribution >= 4 is 34.1 Å². The second-order valence-corrected chi connectivity index (χ2v) is 6.50. The molecule has 10 heteroatoms. The zero-order valence-electron chi connectivity index (χ0n) is 13.8. The second-order valence-electron chi connectivity index (χ2n) is 5.67. The first-order valence-corrected chi connectivity index (χ1v) is 8.75. The Morgan fingerprint density at radius 3 is 2.72 bits per heavy atom. The van der Waals surface area contributed by atoms with Gasteiger partial charge in [-0.05, 0) is 19.1 Å². The number of amides is 2. The third kappa shape index (κ3) is 3.91. The lowest BCUT2D eigenvalue weighted by atomic mass is 10.2. The van der Waals surface area contributed by atoms with Gasteiger partial charge in [-0.1, -0.05) is 11.3 Å². The molecule has 0 spiro atoms. The van der Waals surface area contributed by atoms with Crippen LogP contribution in [0.5, 0.6) is 0 Å². The molecule has 0 radical (unpaired) electrons. The summed E-state index contributed by atoms with van der Waals surface area (Å²) in [6, 6.07) is 3.08. The zero-order valence-corrected chi connectivity index (χ0v) is 14.6. The van der Waals surface area contributed by atoms with Crippen molar-refractivity contribution in [1.29, 1.82) is 0 Å². The van der Waals surface area contributed by atoms with E-state index in [2.05, 4.69) is 25.4 Å². The lowest BCUT2D eigenvalue weighted by molar-refractivity contribution is -0.120. The van der Waals surface area contributed by atoms with Crippen LogP contribution in [0.15, 0.2) is 23.8 Å². The van der Waals surface area contributed by atoms with Gasteiger partial charge in [0.1, 0.15) is 11.3 Å². The molecule has 1 fully saturated rings. The van der Waals surface area contributed by atoms with Crippen molar-refractivity contribution in [2.45, 2.75) is 13.0 Å². The van der Waals surface area contributed by atoms with Crippen molar-refractivity contribution in [3.05, 3.63) is 29.4 Å². The molecule has 0 saturated carbocycles. The highest BCUT2D eigenvalue weighted by Gasteiger charge is 2.27. The normalized spacial score (nSPS) is 16.4. The van der Waals surface area contributed by atoms with Crippen LogP contribution in [0.2, 0.25) is 0 Å². The van der Waals surface area contributed by atoms with Gasteiger partial charge in [0.25, 0.3) is 5.91 Å². The van der Waals surface area contributed by atoms with Gasteiger partial charge in [-0.3, -0.25) is 19.8 Å². The maximum Gasteiger partial charge on any atom is 0.252 e. The Morgan fingerprint density at radius 1 is 1.32 bits per heavy atom. The van der Waals surface area contributed by atoms with Crippen LogP contribution in [-0.2, 0) is 4.79 Å². The van der Waals surface area contributed by atoms with Gasteiger partial charge in [-0.25, -0.2) is 4.98 Å². The van der Waals surface area contributed by atoms with Gasteiger partial charge in [-0.15, -0.1) is 10.2 Å². The van der Waals surface area contributed by atoms with E-state index in [9.17, 15) is 9.59 Å².